The highest BCUT2D eigenvalue weighted by atomic mass is 16.6. The first-order valence-corrected chi connectivity index (χ1v) is 7.95. The van der Waals surface area contributed by atoms with Gasteiger partial charge in [-0.25, -0.2) is 4.79 Å². The van der Waals surface area contributed by atoms with Crippen molar-refractivity contribution in [3.63, 3.8) is 0 Å². The molecule has 0 amide bonds. The fourth-order valence-electron chi connectivity index (χ4n) is 2.21. The smallest absolute Gasteiger partial charge is 0.343 e. The third-order valence-electron chi connectivity index (χ3n) is 3.67. The third kappa shape index (κ3) is 5.02. The molecule has 1 atom stereocenters. The van der Waals surface area contributed by atoms with Crippen molar-refractivity contribution in [2.75, 3.05) is 13.2 Å². The average Bonchev–Trinajstić information content (AvgIpc) is 3.45. The quantitative estimate of drug-likeness (QED) is 0.441. The van der Waals surface area contributed by atoms with Crippen LogP contribution in [0.4, 0.5) is 0 Å². The van der Waals surface area contributed by atoms with E-state index in [9.17, 15) is 9.59 Å². The summed E-state index contributed by atoms with van der Waals surface area (Å²) in [5.41, 5.74) is 2.09. The Morgan fingerprint density at radius 3 is 2.64 bits per heavy atom. The Labute approximate surface area is 145 Å². The first-order chi connectivity index (χ1) is 12.1. The molecule has 5 heteroatoms. The van der Waals surface area contributed by atoms with E-state index in [0.717, 1.165) is 5.56 Å². The van der Waals surface area contributed by atoms with Crippen LogP contribution in [0.2, 0.25) is 0 Å². The van der Waals surface area contributed by atoms with E-state index < -0.39 is 5.97 Å². The van der Waals surface area contributed by atoms with Crippen LogP contribution in [-0.2, 0) is 20.7 Å². The minimum Gasteiger partial charge on any atom is -0.463 e. The van der Waals surface area contributed by atoms with Gasteiger partial charge in [-0.15, -0.1) is 0 Å². The van der Waals surface area contributed by atoms with Crippen LogP contribution in [0, 0.1) is 0 Å². The largest absolute Gasteiger partial charge is 0.463 e. The molecule has 0 spiro atoms. The van der Waals surface area contributed by atoms with E-state index in [4.69, 9.17) is 14.2 Å². The lowest BCUT2D eigenvalue weighted by atomic mass is 10.1. The fraction of sp³-hybridized carbons (Fsp3) is 0.200. The molecule has 0 saturated carbocycles. The fourth-order valence-corrected chi connectivity index (χ4v) is 2.21. The Bertz CT molecular complexity index is 775. The predicted octanol–water partition coefficient (Wildman–Crippen LogP) is 3.03. The van der Waals surface area contributed by atoms with Gasteiger partial charge in [0.2, 0.25) is 0 Å². The Kier molecular flexibility index (Phi) is 5.26. The SMILES string of the molecule is C=Cc1ccc(C(=O)Oc2cccc(CC(=O)OCC3CO3)c2)cc1. The van der Waals surface area contributed by atoms with E-state index in [1.54, 1.807) is 54.6 Å². The number of carbonyl (C=O) groups excluding carboxylic acids is 2. The first kappa shape index (κ1) is 16.9. The summed E-state index contributed by atoms with van der Waals surface area (Å²) in [6, 6.07) is 13.8. The lowest BCUT2D eigenvalue weighted by Crippen LogP contribution is -2.12. The molecule has 1 aliphatic rings. The van der Waals surface area contributed by atoms with Gasteiger partial charge in [0.15, 0.2) is 0 Å². The number of benzene rings is 2. The summed E-state index contributed by atoms with van der Waals surface area (Å²) in [4.78, 5) is 23.9. The first-order valence-electron chi connectivity index (χ1n) is 7.95. The summed E-state index contributed by atoms with van der Waals surface area (Å²) in [5, 5.41) is 0. The van der Waals surface area contributed by atoms with Gasteiger partial charge in [0.1, 0.15) is 18.5 Å². The summed E-state index contributed by atoms with van der Waals surface area (Å²) in [6.07, 6.45) is 1.86. The van der Waals surface area contributed by atoms with Gasteiger partial charge in [-0.2, -0.15) is 0 Å². The van der Waals surface area contributed by atoms with Gasteiger partial charge >= 0.3 is 11.9 Å². The van der Waals surface area contributed by atoms with Crippen LogP contribution in [0.3, 0.4) is 0 Å². The van der Waals surface area contributed by atoms with Crippen molar-refractivity contribution in [3.8, 4) is 5.75 Å². The zero-order valence-corrected chi connectivity index (χ0v) is 13.6. The lowest BCUT2D eigenvalue weighted by molar-refractivity contribution is -0.143. The van der Waals surface area contributed by atoms with Gasteiger partial charge < -0.3 is 14.2 Å². The summed E-state index contributed by atoms with van der Waals surface area (Å²) in [6.45, 7) is 4.60. The van der Waals surface area contributed by atoms with Crippen molar-refractivity contribution in [2.24, 2.45) is 0 Å². The topological polar surface area (TPSA) is 65.1 Å². The Hall–Kier alpha value is -2.92. The lowest BCUT2D eigenvalue weighted by Gasteiger charge is -2.07. The zero-order chi connectivity index (χ0) is 17.6. The third-order valence-corrected chi connectivity index (χ3v) is 3.67. The molecule has 2 aromatic carbocycles. The highest BCUT2D eigenvalue weighted by molar-refractivity contribution is 5.91. The molecule has 25 heavy (non-hydrogen) atoms. The molecular formula is C20H18O5. The summed E-state index contributed by atoms with van der Waals surface area (Å²) < 4.78 is 15.5. The van der Waals surface area contributed by atoms with Gasteiger partial charge in [-0.1, -0.05) is 36.9 Å². The molecule has 1 aliphatic heterocycles. The van der Waals surface area contributed by atoms with Crippen LogP contribution in [0.5, 0.6) is 5.75 Å². The van der Waals surface area contributed by atoms with Gasteiger partial charge in [-0.3, -0.25) is 4.79 Å². The number of rotatable bonds is 7. The number of epoxide rings is 1. The molecule has 0 radical (unpaired) electrons. The highest BCUT2D eigenvalue weighted by Gasteiger charge is 2.24. The van der Waals surface area contributed by atoms with Crippen molar-refractivity contribution in [1.29, 1.82) is 0 Å². The average molecular weight is 338 g/mol. The van der Waals surface area contributed by atoms with Crippen molar-refractivity contribution in [1.82, 2.24) is 0 Å². The Morgan fingerprint density at radius 1 is 1.20 bits per heavy atom. The second-order valence-electron chi connectivity index (χ2n) is 5.68. The summed E-state index contributed by atoms with van der Waals surface area (Å²) >= 11 is 0. The van der Waals surface area contributed by atoms with E-state index >= 15 is 0 Å². The molecule has 128 valence electrons. The van der Waals surface area contributed by atoms with E-state index in [2.05, 4.69) is 6.58 Å². The van der Waals surface area contributed by atoms with E-state index in [1.165, 1.54) is 0 Å². The second-order valence-corrected chi connectivity index (χ2v) is 5.68. The van der Waals surface area contributed by atoms with Gasteiger partial charge in [0.05, 0.1) is 18.6 Å². The number of ether oxygens (including phenoxy) is 3. The van der Waals surface area contributed by atoms with E-state index in [0.29, 0.717) is 23.5 Å². The van der Waals surface area contributed by atoms with Crippen molar-refractivity contribution in [2.45, 2.75) is 12.5 Å². The van der Waals surface area contributed by atoms with Crippen molar-refractivity contribution in [3.05, 3.63) is 71.8 Å². The molecule has 0 aliphatic carbocycles. The van der Waals surface area contributed by atoms with Crippen LogP contribution in [0.25, 0.3) is 6.08 Å². The molecular weight excluding hydrogens is 320 g/mol. The summed E-state index contributed by atoms with van der Waals surface area (Å²) in [5.74, 6) is -0.408. The maximum Gasteiger partial charge on any atom is 0.343 e. The normalized spacial score (nSPS) is 15.3. The molecule has 3 rings (SSSR count). The molecule has 1 saturated heterocycles. The maximum absolute atomic E-state index is 12.2. The number of hydrogen-bond donors (Lipinski definition) is 0. The van der Waals surface area contributed by atoms with Crippen LogP contribution >= 0.6 is 0 Å². The number of hydrogen-bond acceptors (Lipinski definition) is 5. The van der Waals surface area contributed by atoms with Crippen LogP contribution in [0.15, 0.2) is 55.1 Å². The predicted molar refractivity (Wildman–Crippen MR) is 92.3 cm³/mol. The minimum atomic E-state index is -0.457. The Balaban J connectivity index is 1.58. The van der Waals surface area contributed by atoms with E-state index in [-0.39, 0.29) is 25.1 Å². The van der Waals surface area contributed by atoms with E-state index in [1.807, 2.05) is 0 Å². The number of esters is 2. The zero-order valence-electron chi connectivity index (χ0n) is 13.6. The standard InChI is InChI=1S/C20H18O5/c1-2-14-6-8-16(9-7-14)20(22)25-17-5-3-4-15(10-17)11-19(21)24-13-18-12-23-18/h2-10,18H,1,11-13H2. The second kappa shape index (κ2) is 7.77. The maximum atomic E-state index is 12.2. The van der Waals surface area contributed by atoms with Crippen LogP contribution < -0.4 is 4.74 Å². The van der Waals surface area contributed by atoms with Crippen LogP contribution in [-0.4, -0.2) is 31.3 Å². The minimum absolute atomic E-state index is 0.0451. The molecule has 1 heterocycles. The van der Waals surface area contributed by atoms with Gasteiger partial charge in [0.25, 0.3) is 0 Å². The van der Waals surface area contributed by atoms with Crippen molar-refractivity contribution >= 4 is 18.0 Å². The van der Waals surface area contributed by atoms with Crippen LogP contribution in [0.1, 0.15) is 21.5 Å². The molecule has 5 nitrogen and oxygen atoms in total. The summed E-state index contributed by atoms with van der Waals surface area (Å²) in [7, 11) is 0. The molecule has 0 N–H and O–H groups in total. The molecule has 0 bridgehead atoms. The number of carbonyl (C=O) groups is 2. The molecule has 0 aromatic heterocycles. The molecule has 1 fully saturated rings. The van der Waals surface area contributed by atoms with Gasteiger partial charge in [-0.05, 0) is 35.4 Å². The van der Waals surface area contributed by atoms with Crippen molar-refractivity contribution < 1.29 is 23.8 Å². The molecule has 2 aromatic rings. The monoisotopic (exact) mass is 338 g/mol. The molecule has 1 unspecified atom stereocenters. The Morgan fingerprint density at radius 2 is 1.96 bits per heavy atom. The highest BCUT2D eigenvalue weighted by Crippen LogP contribution is 2.17. The van der Waals surface area contributed by atoms with Gasteiger partial charge in [0, 0.05) is 0 Å².